The number of nitrogens with two attached hydrogens (primary N) is 1. The monoisotopic (exact) mass is 305 g/mol. The smallest absolute Gasteiger partial charge is 0.236 e. The molecule has 1 atom stereocenters. The summed E-state index contributed by atoms with van der Waals surface area (Å²) in [5.74, 6) is -0.162. The van der Waals surface area contributed by atoms with Gasteiger partial charge in [-0.25, -0.2) is 0 Å². The van der Waals surface area contributed by atoms with Crippen molar-refractivity contribution in [2.24, 2.45) is 5.73 Å². The van der Waals surface area contributed by atoms with Crippen LogP contribution in [0.15, 0.2) is 0 Å². The highest BCUT2D eigenvalue weighted by Gasteiger charge is 2.23. The molecule has 1 aliphatic rings. The highest BCUT2D eigenvalue weighted by atomic mass is 79.9. The third kappa shape index (κ3) is 4.63. The molecule has 2 N–H and O–H groups in total. The highest BCUT2D eigenvalue weighted by molar-refractivity contribution is 9.10. The van der Waals surface area contributed by atoms with E-state index in [4.69, 9.17) is 5.73 Å². The Hall–Kier alpha value is -0.620. The molecular formula is C11H20BrN3O2. The van der Waals surface area contributed by atoms with Gasteiger partial charge >= 0.3 is 0 Å². The Morgan fingerprint density at radius 3 is 2.59 bits per heavy atom. The zero-order valence-corrected chi connectivity index (χ0v) is 11.8. The van der Waals surface area contributed by atoms with Crippen LogP contribution in [0, 0.1) is 0 Å². The lowest BCUT2D eigenvalue weighted by Gasteiger charge is -2.23. The minimum absolute atomic E-state index is 0.0924. The Balaban J connectivity index is 2.47. The molecule has 0 aromatic carbocycles. The molecule has 6 heteroatoms. The zero-order chi connectivity index (χ0) is 12.8. The maximum absolute atomic E-state index is 12.0. The van der Waals surface area contributed by atoms with Gasteiger partial charge in [-0.05, 0) is 12.8 Å². The molecule has 0 spiro atoms. The molecule has 98 valence electrons. The normalized spacial score (nSPS) is 19.8. The summed E-state index contributed by atoms with van der Waals surface area (Å²) in [5, 5.41) is 0. The van der Waals surface area contributed by atoms with E-state index in [1.165, 1.54) is 0 Å². The van der Waals surface area contributed by atoms with Crippen LogP contribution >= 0.6 is 15.9 Å². The van der Waals surface area contributed by atoms with E-state index >= 15 is 0 Å². The highest BCUT2D eigenvalue weighted by Crippen LogP contribution is 2.11. The van der Waals surface area contributed by atoms with Gasteiger partial charge in [0.05, 0.1) is 11.4 Å². The first-order valence-corrected chi connectivity index (χ1v) is 6.89. The van der Waals surface area contributed by atoms with E-state index in [2.05, 4.69) is 15.9 Å². The van der Waals surface area contributed by atoms with Crippen LogP contribution in [0.5, 0.6) is 0 Å². The molecule has 0 aliphatic carbocycles. The number of hydrogen-bond donors (Lipinski definition) is 1. The maximum Gasteiger partial charge on any atom is 0.236 e. The van der Waals surface area contributed by atoms with E-state index < -0.39 is 0 Å². The van der Waals surface area contributed by atoms with Gasteiger partial charge in [0.2, 0.25) is 11.8 Å². The molecule has 0 aromatic heterocycles. The van der Waals surface area contributed by atoms with E-state index in [0.29, 0.717) is 6.54 Å². The predicted molar refractivity (Wildman–Crippen MR) is 69.8 cm³/mol. The molecule has 1 fully saturated rings. The fourth-order valence-corrected chi connectivity index (χ4v) is 2.23. The quantitative estimate of drug-likeness (QED) is 0.754. The molecule has 2 amide bonds. The topological polar surface area (TPSA) is 66.6 Å². The van der Waals surface area contributed by atoms with Gasteiger partial charge < -0.3 is 10.6 Å². The second-order valence-corrected chi connectivity index (χ2v) is 5.40. The maximum atomic E-state index is 12.0. The molecule has 1 saturated heterocycles. The van der Waals surface area contributed by atoms with Crippen LogP contribution in [0.3, 0.4) is 0 Å². The molecule has 1 rings (SSSR count). The van der Waals surface area contributed by atoms with Crippen LogP contribution in [0.1, 0.15) is 19.8 Å². The lowest BCUT2D eigenvalue weighted by atomic mass is 10.3. The van der Waals surface area contributed by atoms with Gasteiger partial charge in [-0.15, -0.1) is 0 Å². The van der Waals surface area contributed by atoms with Crippen molar-refractivity contribution in [2.75, 3.05) is 32.7 Å². The molecule has 1 aliphatic heterocycles. The summed E-state index contributed by atoms with van der Waals surface area (Å²) in [4.78, 5) is 26.6. The summed E-state index contributed by atoms with van der Waals surface area (Å²) in [6, 6.07) is 0. The van der Waals surface area contributed by atoms with Crippen molar-refractivity contribution < 1.29 is 9.59 Å². The number of halogens is 1. The van der Waals surface area contributed by atoms with Gasteiger partial charge in [-0.3, -0.25) is 14.5 Å². The fourth-order valence-electron chi connectivity index (χ4n) is 1.94. The molecular weight excluding hydrogens is 286 g/mol. The molecule has 1 unspecified atom stereocenters. The number of amides is 2. The lowest BCUT2D eigenvalue weighted by molar-refractivity contribution is -0.130. The standard InChI is InChI=1S/C11H20BrN3O2/c1-2-9(12)11(17)15-5-3-4-14(6-7-15)8-10(13)16/h9H,2-8H2,1H3,(H2,13,16). The third-order valence-corrected chi connectivity index (χ3v) is 3.95. The van der Waals surface area contributed by atoms with Gasteiger partial charge in [0.15, 0.2) is 0 Å². The van der Waals surface area contributed by atoms with Gasteiger partial charge in [0.25, 0.3) is 0 Å². The van der Waals surface area contributed by atoms with Gasteiger partial charge in [0, 0.05) is 26.2 Å². The van der Waals surface area contributed by atoms with Crippen LogP contribution in [-0.4, -0.2) is 59.2 Å². The van der Waals surface area contributed by atoms with Gasteiger partial charge in [-0.2, -0.15) is 0 Å². The Labute approximate surface area is 110 Å². The second kappa shape index (κ2) is 6.96. The molecule has 1 heterocycles. The second-order valence-electron chi connectivity index (χ2n) is 4.30. The van der Waals surface area contributed by atoms with Crippen molar-refractivity contribution >= 4 is 27.7 Å². The average molecular weight is 306 g/mol. The summed E-state index contributed by atoms with van der Waals surface area (Å²) in [6.07, 6.45) is 1.68. The van der Waals surface area contributed by atoms with Gasteiger partial charge in [0.1, 0.15) is 0 Å². The van der Waals surface area contributed by atoms with Crippen LogP contribution in [-0.2, 0) is 9.59 Å². The Morgan fingerprint density at radius 1 is 1.29 bits per heavy atom. The van der Waals surface area contributed by atoms with Crippen molar-refractivity contribution in [2.45, 2.75) is 24.6 Å². The molecule has 17 heavy (non-hydrogen) atoms. The Kier molecular flexibility index (Phi) is 5.91. The van der Waals surface area contributed by atoms with E-state index in [0.717, 1.165) is 32.5 Å². The van der Waals surface area contributed by atoms with Gasteiger partial charge in [-0.1, -0.05) is 22.9 Å². The minimum Gasteiger partial charge on any atom is -0.369 e. The Morgan fingerprint density at radius 2 is 2.00 bits per heavy atom. The molecule has 0 aromatic rings. The number of carbonyl (C=O) groups is 2. The Bertz CT molecular complexity index is 286. The van der Waals surface area contributed by atoms with Crippen molar-refractivity contribution in [3.63, 3.8) is 0 Å². The number of rotatable bonds is 4. The van der Waals surface area contributed by atoms with Crippen LogP contribution in [0.2, 0.25) is 0 Å². The number of carbonyl (C=O) groups excluding carboxylic acids is 2. The predicted octanol–water partition coefficient (Wildman–Crippen LogP) is 0.180. The first kappa shape index (κ1) is 14.4. The van der Waals surface area contributed by atoms with Crippen LogP contribution < -0.4 is 5.73 Å². The molecule has 0 radical (unpaired) electrons. The first-order valence-electron chi connectivity index (χ1n) is 5.98. The number of hydrogen-bond acceptors (Lipinski definition) is 3. The number of primary amides is 1. The van der Waals surface area contributed by atoms with Crippen molar-refractivity contribution in [1.82, 2.24) is 9.80 Å². The summed E-state index contributed by atoms with van der Waals surface area (Å²) in [5.41, 5.74) is 5.17. The van der Waals surface area contributed by atoms with E-state index in [1.807, 2.05) is 16.7 Å². The summed E-state index contributed by atoms with van der Waals surface area (Å²) < 4.78 is 0. The summed E-state index contributed by atoms with van der Waals surface area (Å²) in [7, 11) is 0. The van der Waals surface area contributed by atoms with E-state index in [9.17, 15) is 9.59 Å². The summed E-state index contributed by atoms with van der Waals surface area (Å²) in [6.45, 7) is 5.25. The summed E-state index contributed by atoms with van der Waals surface area (Å²) >= 11 is 3.38. The SMILES string of the molecule is CCC(Br)C(=O)N1CCCN(CC(N)=O)CC1. The van der Waals surface area contributed by atoms with E-state index in [1.54, 1.807) is 0 Å². The number of alkyl halides is 1. The largest absolute Gasteiger partial charge is 0.369 e. The lowest BCUT2D eigenvalue weighted by Crippen LogP contribution is -2.40. The fraction of sp³-hybridized carbons (Fsp3) is 0.818. The van der Waals surface area contributed by atoms with Crippen LogP contribution in [0.25, 0.3) is 0 Å². The van der Waals surface area contributed by atoms with E-state index in [-0.39, 0.29) is 23.2 Å². The van der Waals surface area contributed by atoms with Crippen molar-refractivity contribution in [3.05, 3.63) is 0 Å². The number of nitrogens with zero attached hydrogens (tertiary/aromatic N) is 2. The van der Waals surface area contributed by atoms with Crippen LogP contribution in [0.4, 0.5) is 0 Å². The average Bonchev–Trinajstić information content (AvgIpc) is 2.52. The first-order chi connectivity index (χ1) is 8.04. The van der Waals surface area contributed by atoms with Crippen molar-refractivity contribution in [1.29, 1.82) is 0 Å². The molecule has 5 nitrogen and oxygen atoms in total. The molecule has 0 saturated carbocycles. The van der Waals surface area contributed by atoms with Crippen molar-refractivity contribution in [3.8, 4) is 0 Å². The third-order valence-electron chi connectivity index (χ3n) is 2.91. The minimum atomic E-state index is -0.309. The zero-order valence-electron chi connectivity index (χ0n) is 10.2. The molecule has 0 bridgehead atoms.